The Morgan fingerprint density at radius 1 is 1.00 bits per heavy atom. The highest BCUT2D eigenvalue weighted by Crippen LogP contribution is 2.28. The smallest absolute Gasteiger partial charge is 0.328 e. The first-order valence-corrected chi connectivity index (χ1v) is 8.69. The molecule has 0 aliphatic carbocycles. The number of barbiturate groups is 1. The topological polar surface area (TPSA) is 93.7 Å². The van der Waals surface area contributed by atoms with Gasteiger partial charge in [0.25, 0.3) is 11.8 Å². The van der Waals surface area contributed by atoms with Crippen LogP contribution < -0.4 is 20.1 Å². The molecule has 2 aromatic rings. The van der Waals surface area contributed by atoms with Gasteiger partial charge in [0.15, 0.2) is 0 Å². The Morgan fingerprint density at radius 3 is 2.30 bits per heavy atom. The molecular weight excluding hydrogens is 416 g/mol. The lowest BCUT2D eigenvalue weighted by molar-refractivity contribution is -0.123. The normalized spacial score (nSPS) is 13.7. The molecule has 0 aromatic heterocycles. The van der Waals surface area contributed by atoms with Gasteiger partial charge in [-0.05, 0) is 35.9 Å². The van der Waals surface area contributed by atoms with E-state index < -0.39 is 17.8 Å². The Labute approximate surface area is 163 Å². The van der Waals surface area contributed by atoms with Crippen molar-refractivity contribution in [1.29, 1.82) is 0 Å². The SMILES string of the molecule is COc1ccc(C=C2C(=O)NC(=O)NC2=O)c(OCc2ccc(Br)cc2)c1. The van der Waals surface area contributed by atoms with Gasteiger partial charge in [-0.1, -0.05) is 28.1 Å². The molecule has 0 radical (unpaired) electrons. The fourth-order valence-corrected chi connectivity index (χ4v) is 2.65. The van der Waals surface area contributed by atoms with Crippen LogP contribution in [0.4, 0.5) is 4.79 Å². The maximum Gasteiger partial charge on any atom is 0.328 e. The van der Waals surface area contributed by atoms with Crippen molar-refractivity contribution < 1.29 is 23.9 Å². The zero-order chi connectivity index (χ0) is 19.4. The number of hydrogen-bond acceptors (Lipinski definition) is 5. The van der Waals surface area contributed by atoms with Gasteiger partial charge in [0.2, 0.25) is 0 Å². The average Bonchev–Trinajstić information content (AvgIpc) is 2.64. The number of hydrogen-bond donors (Lipinski definition) is 2. The van der Waals surface area contributed by atoms with Gasteiger partial charge in [-0.3, -0.25) is 20.2 Å². The predicted octanol–water partition coefficient (Wildman–Crippen LogP) is 2.79. The molecule has 1 aliphatic rings. The first-order valence-electron chi connectivity index (χ1n) is 7.90. The van der Waals surface area contributed by atoms with Crippen LogP contribution in [-0.4, -0.2) is 25.0 Å². The minimum Gasteiger partial charge on any atom is -0.497 e. The molecule has 7 nitrogen and oxygen atoms in total. The molecule has 0 unspecified atom stereocenters. The molecular formula is C19H15BrN2O5. The zero-order valence-electron chi connectivity index (χ0n) is 14.2. The number of urea groups is 1. The maximum absolute atomic E-state index is 11.9. The molecule has 2 N–H and O–H groups in total. The van der Waals surface area contributed by atoms with Crippen LogP contribution in [-0.2, 0) is 16.2 Å². The van der Waals surface area contributed by atoms with E-state index in [0.29, 0.717) is 17.1 Å². The third kappa shape index (κ3) is 4.53. The van der Waals surface area contributed by atoms with Crippen molar-refractivity contribution in [3.63, 3.8) is 0 Å². The number of imide groups is 2. The van der Waals surface area contributed by atoms with Gasteiger partial charge in [-0.15, -0.1) is 0 Å². The van der Waals surface area contributed by atoms with Gasteiger partial charge < -0.3 is 9.47 Å². The van der Waals surface area contributed by atoms with Crippen molar-refractivity contribution in [2.45, 2.75) is 6.61 Å². The highest BCUT2D eigenvalue weighted by Gasteiger charge is 2.28. The van der Waals surface area contributed by atoms with Gasteiger partial charge in [-0.2, -0.15) is 0 Å². The van der Waals surface area contributed by atoms with E-state index in [2.05, 4.69) is 15.9 Å². The molecule has 8 heteroatoms. The van der Waals surface area contributed by atoms with Crippen molar-refractivity contribution in [3.8, 4) is 11.5 Å². The summed E-state index contributed by atoms with van der Waals surface area (Å²) in [5.41, 5.74) is 1.26. The summed E-state index contributed by atoms with van der Waals surface area (Å²) in [5, 5.41) is 4.07. The summed E-state index contributed by atoms with van der Waals surface area (Å²) in [6, 6.07) is 11.8. The summed E-state index contributed by atoms with van der Waals surface area (Å²) in [6.07, 6.45) is 1.37. The molecule has 138 valence electrons. The van der Waals surface area contributed by atoms with Crippen LogP contribution in [0.5, 0.6) is 11.5 Å². The van der Waals surface area contributed by atoms with Crippen LogP contribution in [0, 0.1) is 0 Å². The highest BCUT2D eigenvalue weighted by atomic mass is 79.9. The lowest BCUT2D eigenvalue weighted by Crippen LogP contribution is -2.51. The number of nitrogens with one attached hydrogen (secondary N) is 2. The van der Waals surface area contributed by atoms with Crippen molar-refractivity contribution in [2.75, 3.05) is 7.11 Å². The Hall–Kier alpha value is -3.13. The lowest BCUT2D eigenvalue weighted by Gasteiger charge is -2.15. The molecule has 27 heavy (non-hydrogen) atoms. The predicted molar refractivity (Wildman–Crippen MR) is 101 cm³/mol. The minimum atomic E-state index is -0.844. The fraction of sp³-hybridized carbons (Fsp3) is 0.105. The first kappa shape index (κ1) is 18.7. The Bertz CT molecular complexity index is 916. The van der Waals surface area contributed by atoms with Crippen molar-refractivity contribution >= 4 is 39.9 Å². The van der Waals surface area contributed by atoms with Crippen LogP contribution in [0.15, 0.2) is 52.5 Å². The third-order valence-electron chi connectivity index (χ3n) is 3.77. The number of halogens is 1. The Morgan fingerprint density at radius 2 is 1.67 bits per heavy atom. The first-order chi connectivity index (χ1) is 13.0. The van der Waals surface area contributed by atoms with Gasteiger partial charge in [0.05, 0.1) is 7.11 Å². The van der Waals surface area contributed by atoms with E-state index >= 15 is 0 Å². The third-order valence-corrected chi connectivity index (χ3v) is 4.30. The number of carbonyl (C=O) groups excluding carboxylic acids is 3. The molecule has 0 spiro atoms. The number of rotatable bonds is 5. The molecule has 4 amide bonds. The summed E-state index contributed by atoms with van der Waals surface area (Å²) >= 11 is 3.38. The highest BCUT2D eigenvalue weighted by molar-refractivity contribution is 9.10. The molecule has 1 heterocycles. The second-order valence-corrected chi connectivity index (χ2v) is 6.53. The lowest BCUT2D eigenvalue weighted by atomic mass is 10.1. The second-order valence-electron chi connectivity index (χ2n) is 5.61. The average molecular weight is 431 g/mol. The van der Waals surface area contributed by atoms with E-state index in [1.807, 2.05) is 34.9 Å². The van der Waals surface area contributed by atoms with Crippen LogP contribution in [0.3, 0.4) is 0 Å². The van der Waals surface area contributed by atoms with E-state index in [4.69, 9.17) is 9.47 Å². The van der Waals surface area contributed by atoms with E-state index in [9.17, 15) is 14.4 Å². The fourth-order valence-electron chi connectivity index (χ4n) is 2.39. The molecule has 1 aliphatic heterocycles. The Balaban J connectivity index is 1.89. The molecule has 1 saturated heterocycles. The summed E-state index contributed by atoms with van der Waals surface area (Å²) in [5.74, 6) is -0.533. The molecule has 2 aromatic carbocycles. The van der Waals surface area contributed by atoms with Crippen LogP contribution >= 0.6 is 15.9 Å². The summed E-state index contributed by atoms with van der Waals surface area (Å²) in [6.45, 7) is 0.285. The second kappa shape index (κ2) is 8.05. The number of benzene rings is 2. The summed E-state index contributed by atoms with van der Waals surface area (Å²) < 4.78 is 12.0. The van der Waals surface area contributed by atoms with Gasteiger partial charge in [-0.25, -0.2) is 4.79 Å². The van der Waals surface area contributed by atoms with Crippen LogP contribution in [0.1, 0.15) is 11.1 Å². The number of amides is 4. The molecule has 0 bridgehead atoms. The van der Waals surface area contributed by atoms with Crippen molar-refractivity contribution in [2.24, 2.45) is 0 Å². The van der Waals surface area contributed by atoms with E-state index in [0.717, 1.165) is 10.0 Å². The van der Waals surface area contributed by atoms with E-state index in [1.165, 1.54) is 13.2 Å². The number of ether oxygens (including phenoxy) is 2. The monoisotopic (exact) mass is 430 g/mol. The minimum absolute atomic E-state index is 0.187. The van der Waals surface area contributed by atoms with Crippen molar-refractivity contribution in [1.82, 2.24) is 10.6 Å². The number of methoxy groups -OCH3 is 1. The van der Waals surface area contributed by atoms with Gasteiger partial charge >= 0.3 is 6.03 Å². The largest absolute Gasteiger partial charge is 0.497 e. The number of carbonyl (C=O) groups is 3. The van der Waals surface area contributed by atoms with Crippen molar-refractivity contribution in [3.05, 3.63) is 63.6 Å². The standard InChI is InChI=1S/C19H15BrN2O5/c1-26-14-7-4-12(8-15-17(23)21-19(25)22-18(15)24)16(9-14)27-10-11-2-5-13(20)6-3-11/h2-9H,10H2,1H3,(H2,21,22,23,24,25). The van der Waals surface area contributed by atoms with E-state index in [-0.39, 0.29) is 12.2 Å². The van der Waals surface area contributed by atoms with Crippen LogP contribution in [0.2, 0.25) is 0 Å². The molecule has 0 saturated carbocycles. The van der Waals surface area contributed by atoms with E-state index in [1.54, 1.807) is 18.2 Å². The zero-order valence-corrected chi connectivity index (χ0v) is 15.8. The van der Waals surface area contributed by atoms with Gasteiger partial charge in [0.1, 0.15) is 23.7 Å². The quantitative estimate of drug-likeness (QED) is 0.561. The maximum atomic E-state index is 11.9. The molecule has 1 fully saturated rings. The Kier molecular flexibility index (Phi) is 5.56. The van der Waals surface area contributed by atoms with Crippen LogP contribution in [0.25, 0.3) is 6.08 Å². The summed E-state index contributed by atoms with van der Waals surface area (Å²) in [7, 11) is 1.53. The molecule has 3 rings (SSSR count). The summed E-state index contributed by atoms with van der Waals surface area (Å²) in [4.78, 5) is 35.0. The molecule has 0 atom stereocenters. The van der Waals surface area contributed by atoms with Gasteiger partial charge in [0, 0.05) is 16.1 Å².